The van der Waals surface area contributed by atoms with E-state index in [1.54, 1.807) is 0 Å². The molecule has 0 saturated heterocycles. The van der Waals surface area contributed by atoms with Crippen LogP contribution in [0.1, 0.15) is 25.0 Å². The zero-order valence-corrected chi connectivity index (χ0v) is 11.2. The molecule has 0 unspecified atom stereocenters. The Morgan fingerprint density at radius 2 is 2.06 bits per heavy atom. The van der Waals surface area contributed by atoms with Crippen LogP contribution >= 0.6 is 0 Å². The normalized spacial score (nSPS) is 10.9. The van der Waals surface area contributed by atoms with Crippen LogP contribution in [-0.2, 0) is 11.3 Å². The van der Waals surface area contributed by atoms with Crippen molar-refractivity contribution in [2.45, 2.75) is 33.5 Å². The van der Waals surface area contributed by atoms with E-state index in [9.17, 15) is 0 Å². The number of hydrogen-bond acceptors (Lipinski definition) is 3. The fourth-order valence-corrected chi connectivity index (χ4v) is 1.79. The fraction of sp³-hybridized carbons (Fsp3) is 0.571. The standard InChI is InChI=1S/C14H23NO2/c1-11(2)17-8-7-15(4)14-6-5-13(10-16)9-12(14)3/h5-6,9,11,16H,7-8,10H2,1-4H3. The summed E-state index contributed by atoms with van der Waals surface area (Å²) < 4.78 is 5.54. The van der Waals surface area contributed by atoms with E-state index in [2.05, 4.69) is 24.9 Å². The lowest BCUT2D eigenvalue weighted by Gasteiger charge is -2.22. The summed E-state index contributed by atoms with van der Waals surface area (Å²) in [7, 11) is 2.06. The zero-order chi connectivity index (χ0) is 12.8. The molecule has 17 heavy (non-hydrogen) atoms. The predicted octanol–water partition coefficient (Wildman–Crippen LogP) is 2.35. The molecule has 0 heterocycles. The molecule has 0 aromatic heterocycles. The number of aryl methyl sites for hydroxylation is 1. The lowest BCUT2D eigenvalue weighted by atomic mass is 10.1. The summed E-state index contributed by atoms with van der Waals surface area (Å²) in [6.07, 6.45) is 0.279. The Balaban J connectivity index is 2.59. The number of benzene rings is 1. The molecule has 0 atom stereocenters. The molecular weight excluding hydrogens is 214 g/mol. The third-order valence-electron chi connectivity index (χ3n) is 2.73. The van der Waals surface area contributed by atoms with Crippen molar-refractivity contribution in [3.05, 3.63) is 29.3 Å². The summed E-state index contributed by atoms with van der Waals surface area (Å²) >= 11 is 0. The van der Waals surface area contributed by atoms with Crippen molar-refractivity contribution in [3.8, 4) is 0 Å². The van der Waals surface area contributed by atoms with Gasteiger partial charge in [0.2, 0.25) is 0 Å². The highest BCUT2D eigenvalue weighted by Gasteiger charge is 2.05. The van der Waals surface area contributed by atoms with Gasteiger partial charge in [0.15, 0.2) is 0 Å². The van der Waals surface area contributed by atoms with Crippen LogP contribution in [0.25, 0.3) is 0 Å². The molecule has 1 aromatic rings. The number of nitrogens with zero attached hydrogens (tertiary/aromatic N) is 1. The molecule has 0 bridgehead atoms. The first-order chi connectivity index (χ1) is 8.04. The highest BCUT2D eigenvalue weighted by molar-refractivity contribution is 5.53. The van der Waals surface area contributed by atoms with Crippen LogP contribution in [0.2, 0.25) is 0 Å². The zero-order valence-electron chi connectivity index (χ0n) is 11.2. The largest absolute Gasteiger partial charge is 0.392 e. The third kappa shape index (κ3) is 4.36. The Bertz CT molecular complexity index is 350. The summed E-state index contributed by atoms with van der Waals surface area (Å²) in [5, 5.41) is 9.06. The summed E-state index contributed by atoms with van der Waals surface area (Å²) in [6, 6.07) is 6.04. The van der Waals surface area contributed by atoms with Crippen molar-refractivity contribution in [1.82, 2.24) is 0 Å². The monoisotopic (exact) mass is 237 g/mol. The Hall–Kier alpha value is -1.06. The van der Waals surface area contributed by atoms with Crippen LogP contribution in [-0.4, -0.2) is 31.4 Å². The quantitative estimate of drug-likeness (QED) is 0.824. The molecule has 0 saturated carbocycles. The molecule has 3 heteroatoms. The minimum Gasteiger partial charge on any atom is -0.392 e. The molecule has 96 valence electrons. The van der Waals surface area contributed by atoms with Gasteiger partial charge in [0.25, 0.3) is 0 Å². The maximum absolute atomic E-state index is 9.06. The highest BCUT2D eigenvalue weighted by Crippen LogP contribution is 2.20. The van der Waals surface area contributed by atoms with E-state index >= 15 is 0 Å². The predicted molar refractivity (Wildman–Crippen MR) is 71.5 cm³/mol. The Morgan fingerprint density at radius 3 is 2.59 bits per heavy atom. The number of ether oxygens (including phenoxy) is 1. The van der Waals surface area contributed by atoms with E-state index in [1.165, 1.54) is 11.3 Å². The van der Waals surface area contributed by atoms with E-state index in [1.807, 2.05) is 26.0 Å². The van der Waals surface area contributed by atoms with Crippen molar-refractivity contribution in [3.63, 3.8) is 0 Å². The minimum absolute atomic E-state index is 0.0985. The molecule has 0 radical (unpaired) electrons. The van der Waals surface area contributed by atoms with Crippen LogP contribution in [0.4, 0.5) is 5.69 Å². The summed E-state index contributed by atoms with van der Waals surface area (Å²) in [5.41, 5.74) is 3.33. The smallest absolute Gasteiger partial charge is 0.0681 e. The van der Waals surface area contributed by atoms with Crippen LogP contribution in [0.3, 0.4) is 0 Å². The molecule has 1 aromatic carbocycles. The van der Waals surface area contributed by atoms with Crippen molar-refractivity contribution < 1.29 is 9.84 Å². The highest BCUT2D eigenvalue weighted by atomic mass is 16.5. The van der Waals surface area contributed by atoms with Crippen LogP contribution in [0.5, 0.6) is 0 Å². The topological polar surface area (TPSA) is 32.7 Å². The van der Waals surface area contributed by atoms with Crippen LogP contribution < -0.4 is 4.90 Å². The van der Waals surface area contributed by atoms with Gasteiger partial charge < -0.3 is 14.7 Å². The Labute approximate surface area is 104 Å². The Morgan fingerprint density at radius 1 is 1.35 bits per heavy atom. The average molecular weight is 237 g/mol. The molecule has 0 fully saturated rings. The Kier molecular flexibility index (Phi) is 5.45. The number of hydrogen-bond donors (Lipinski definition) is 1. The van der Waals surface area contributed by atoms with Gasteiger partial charge in [-0.2, -0.15) is 0 Å². The number of aliphatic hydroxyl groups is 1. The molecule has 0 aliphatic carbocycles. The molecule has 3 nitrogen and oxygen atoms in total. The molecule has 0 aliphatic heterocycles. The molecule has 0 aliphatic rings. The summed E-state index contributed by atoms with van der Waals surface area (Å²) in [4.78, 5) is 2.18. The van der Waals surface area contributed by atoms with E-state index in [4.69, 9.17) is 9.84 Å². The van der Waals surface area contributed by atoms with Gasteiger partial charge >= 0.3 is 0 Å². The number of likely N-dealkylation sites (N-methyl/N-ethyl adjacent to an activating group) is 1. The van der Waals surface area contributed by atoms with Crippen LogP contribution in [0.15, 0.2) is 18.2 Å². The van der Waals surface area contributed by atoms with Gasteiger partial charge in [-0.25, -0.2) is 0 Å². The van der Waals surface area contributed by atoms with Gasteiger partial charge in [0.1, 0.15) is 0 Å². The first-order valence-electron chi connectivity index (χ1n) is 6.07. The molecule has 1 rings (SSSR count). The number of anilines is 1. The summed E-state index contributed by atoms with van der Waals surface area (Å²) in [5.74, 6) is 0. The van der Waals surface area contributed by atoms with Gasteiger partial charge in [-0.15, -0.1) is 0 Å². The van der Waals surface area contributed by atoms with Crippen molar-refractivity contribution in [2.24, 2.45) is 0 Å². The SMILES string of the molecule is Cc1cc(CO)ccc1N(C)CCOC(C)C. The molecule has 0 amide bonds. The second-order valence-corrected chi connectivity index (χ2v) is 4.62. The maximum Gasteiger partial charge on any atom is 0.0681 e. The van der Waals surface area contributed by atoms with E-state index in [0.717, 1.165) is 18.7 Å². The van der Waals surface area contributed by atoms with Crippen molar-refractivity contribution in [2.75, 3.05) is 25.1 Å². The van der Waals surface area contributed by atoms with Gasteiger partial charge in [0, 0.05) is 19.3 Å². The first-order valence-corrected chi connectivity index (χ1v) is 6.07. The third-order valence-corrected chi connectivity index (χ3v) is 2.73. The number of rotatable bonds is 6. The minimum atomic E-state index is 0.0985. The van der Waals surface area contributed by atoms with Crippen molar-refractivity contribution in [1.29, 1.82) is 0 Å². The van der Waals surface area contributed by atoms with E-state index in [-0.39, 0.29) is 12.7 Å². The lowest BCUT2D eigenvalue weighted by molar-refractivity contribution is 0.0846. The van der Waals surface area contributed by atoms with Gasteiger partial charge in [-0.05, 0) is 38.0 Å². The molecule has 1 N–H and O–H groups in total. The average Bonchev–Trinajstić information content (AvgIpc) is 2.28. The van der Waals surface area contributed by atoms with Crippen LogP contribution in [0, 0.1) is 6.92 Å². The van der Waals surface area contributed by atoms with E-state index < -0.39 is 0 Å². The molecule has 0 spiro atoms. The fourth-order valence-electron chi connectivity index (χ4n) is 1.79. The summed E-state index contributed by atoms with van der Waals surface area (Å²) in [6.45, 7) is 7.85. The second-order valence-electron chi connectivity index (χ2n) is 4.62. The molecular formula is C14H23NO2. The van der Waals surface area contributed by atoms with Gasteiger partial charge in [-0.1, -0.05) is 12.1 Å². The maximum atomic E-state index is 9.06. The van der Waals surface area contributed by atoms with E-state index in [0.29, 0.717) is 0 Å². The van der Waals surface area contributed by atoms with Gasteiger partial charge in [-0.3, -0.25) is 0 Å². The first kappa shape index (κ1) is 14.0. The second kappa shape index (κ2) is 6.62. The van der Waals surface area contributed by atoms with Crippen molar-refractivity contribution >= 4 is 5.69 Å². The number of aliphatic hydroxyl groups excluding tert-OH is 1. The lowest BCUT2D eigenvalue weighted by Crippen LogP contribution is -2.24. The van der Waals surface area contributed by atoms with Gasteiger partial charge in [0.05, 0.1) is 19.3 Å².